The highest BCUT2D eigenvalue weighted by Gasteiger charge is 2.06. The number of aromatic nitrogens is 1. The Bertz CT molecular complexity index is 265. The molecule has 0 aliphatic heterocycles. The summed E-state index contributed by atoms with van der Waals surface area (Å²) in [5.74, 6) is 0. The fourth-order valence-electron chi connectivity index (χ4n) is 0.674. The van der Waals surface area contributed by atoms with E-state index in [4.69, 9.17) is 10.1 Å². The predicted molar refractivity (Wildman–Crippen MR) is 33.9 cm³/mol. The SMILES string of the molecule is CO[n+]1ccccc1C#N. The maximum absolute atomic E-state index is 8.50. The largest absolute Gasteiger partial charge is 0.333 e. The Hall–Kier alpha value is -1.56. The second-order valence-corrected chi connectivity index (χ2v) is 1.71. The average molecular weight is 135 g/mol. The van der Waals surface area contributed by atoms with E-state index in [-0.39, 0.29) is 0 Å². The fraction of sp³-hybridized carbons (Fsp3) is 0.143. The monoisotopic (exact) mass is 135 g/mol. The zero-order valence-electron chi connectivity index (χ0n) is 5.61. The van der Waals surface area contributed by atoms with Gasteiger partial charge in [0.2, 0.25) is 6.20 Å². The van der Waals surface area contributed by atoms with E-state index in [9.17, 15) is 0 Å². The van der Waals surface area contributed by atoms with Crippen molar-refractivity contribution in [1.82, 2.24) is 0 Å². The number of nitrogens with zero attached hydrogens (tertiary/aromatic N) is 2. The molecule has 0 aliphatic rings. The molecule has 1 heterocycles. The molecule has 0 bridgehead atoms. The molecule has 0 spiro atoms. The standard InChI is InChI=1S/C7H7N2O/c1-10-9-5-3-2-4-7(9)6-8/h2-5H,1H3/q+1. The number of pyridine rings is 1. The van der Waals surface area contributed by atoms with Crippen molar-refractivity contribution >= 4 is 0 Å². The maximum Gasteiger partial charge on any atom is 0.333 e. The van der Waals surface area contributed by atoms with Gasteiger partial charge in [-0.25, -0.2) is 0 Å². The molecule has 3 heteroatoms. The first-order valence-electron chi connectivity index (χ1n) is 2.83. The third kappa shape index (κ3) is 1.06. The van der Waals surface area contributed by atoms with Crippen LogP contribution in [-0.4, -0.2) is 7.11 Å². The van der Waals surface area contributed by atoms with Gasteiger partial charge in [0.15, 0.2) is 6.07 Å². The van der Waals surface area contributed by atoms with Crippen LogP contribution in [0.15, 0.2) is 24.4 Å². The average Bonchev–Trinajstić information content (AvgIpc) is 2.04. The molecular weight excluding hydrogens is 128 g/mol. The summed E-state index contributed by atoms with van der Waals surface area (Å²) in [7, 11) is 1.51. The van der Waals surface area contributed by atoms with Gasteiger partial charge < -0.3 is 0 Å². The van der Waals surface area contributed by atoms with Crippen LogP contribution in [-0.2, 0) is 0 Å². The molecule has 1 rings (SSSR count). The minimum absolute atomic E-state index is 0.491. The Kier molecular flexibility index (Phi) is 1.86. The highest BCUT2D eigenvalue weighted by atomic mass is 16.6. The third-order valence-corrected chi connectivity index (χ3v) is 1.14. The zero-order chi connectivity index (χ0) is 7.40. The van der Waals surface area contributed by atoms with E-state index in [1.54, 1.807) is 24.4 Å². The lowest BCUT2D eigenvalue weighted by Crippen LogP contribution is -2.42. The summed E-state index contributed by atoms with van der Waals surface area (Å²) >= 11 is 0. The van der Waals surface area contributed by atoms with Gasteiger partial charge in [-0.3, -0.25) is 4.84 Å². The number of rotatable bonds is 1. The first-order valence-corrected chi connectivity index (χ1v) is 2.83. The van der Waals surface area contributed by atoms with Crippen molar-refractivity contribution < 1.29 is 9.57 Å². The highest BCUT2D eigenvalue weighted by Crippen LogP contribution is 1.85. The highest BCUT2D eigenvalue weighted by molar-refractivity contribution is 5.12. The molecular formula is C7H7N2O+. The van der Waals surface area contributed by atoms with Crippen molar-refractivity contribution in [1.29, 1.82) is 5.26 Å². The van der Waals surface area contributed by atoms with Gasteiger partial charge in [-0.05, 0) is 6.07 Å². The van der Waals surface area contributed by atoms with Crippen LogP contribution >= 0.6 is 0 Å². The molecule has 10 heavy (non-hydrogen) atoms. The summed E-state index contributed by atoms with van der Waals surface area (Å²) in [5, 5.41) is 8.50. The van der Waals surface area contributed by atoms with Crippen LogP contribution in [0, 0.1) is 11.3 Å². The number of hydrogen-bond donors (Lipinski definition) is 0. The molecule has 0 aromatic carbocycles. The first kappa shape index (κ1) is 6.56. The molecule has 1 aromatic heterocycles. The van der Waals surface area contributed by atoms with E-state index in [1.807, 2.05) is 6.07 Å². The van der Waals surface area contributed by atoms with Crippen LogP contribution < -0.4 is 9.57 Å². The van der Waals surface area contributed by atoms with Crippen LogP contribution in [0.3, 0.4) is 0 Å². The van der Waals surface area contributed by atoms with Gasteiger partial charge in [0.25, 0.3) is 0 Å². The van der Waals surface area contributed by atoms with Crippen LogP contribution in [0.5, 0.6) is 0 Å². The summed E-state index contributed by atoms with van der Waals surface area (Å²) < 4.78 is 1.40. The normalized spacial score (nSPS) is 8.40. The third-order valence-electron chi connectivity index (χ3n) is 1.14. The molecule has 0 saturated heterocycles. The van der Waals surface area contributed by atoms with Crippen molar-refractivity contribution in [2.75, 3.05) is 7.11 Å². The molecule has 0 fully saturated rings. The Labute approximate surface area is 59.1 Å². The van der Waals surface area contributed by atoms with Crippen molar-refractivity contribution in [3.63, 3.8) is 0 Å². The van der Waals surface area contributed by atoms with Gasteiger partial charge in [0.05, 0.1) is 0 Å². The van der Waals surface area contributed by atoms with Crippen LogP contribution in [0.25, 0.3) is 0 Å². The van der Waals surface area contributed by atoms with Crippen molar-refractivity contribution in [3.05, 3.63) is 30.1 Å². The zero-order valence-corrected chi connectivity index (χ0v) is 5.61. The summed E-state index contributed by atoms with van der Waals surface area (Å²) in [6.45, 7) is 0. The van der Waals surface area contributed by atoms with Gasteiger partial charge in [0.1, 0.15) is 7.11 Å². The quantitative estimate of drug-likeness (QED) is 0.504. The van der Waals surface area contributed by atoms with Gasteiger partial charge >= 0.3 is 5.69 Å². The lowest BCUT2D eigenvalue weighted by atomic mass is 10.4. The Morgan fingerprint density at radius 2 is 2.40 bits per heavy atom. The van der Waals surface area contributed by atoms with Gasteiger partial charge in [-0.2, -0.15) is 5.26 Å². The molecule has 0 N–H and O–H groups in total. The molecule has 0 atom stereocenters. The van der Waals surface area contributed by atoms with E-state index >= 15 is 0 Å². The van der Waals surface area contributed by atoms with Crippen LogP contribution in [0.2, 0.25) is 0 Å². The first-order chi connectivity index (χ1) is 4.88. The Morgan fingerprint density at radius 3 is 2.90 bits per heavy atom. The molecule has 0 amide bonds. The van der Waals surface area contributed by atoms with E-state index in [0.29, 0.717) is 5.69 Å². The lowest BCUT2D eigenvalue weighted by Gasteiger charge is -1.89. The molecule has 3 nitrogen and oxygen atoms in total. The minimum atomic E-state index is 0.491. The van der Waals surface area contributed by atoms with Crippen LogP contribution in [0.4, 0.5) is 0 Å². The predicted octanol–water partition coefficient (Wildman–Crippen LogP) is -0.0958. The van der Waals surface area contributed by atoms with Crippen LogP contribution in [0.1, 0.15) is 5.69 Å². The number of hydrogen-bond acceptors (Lipinski definition) is 2. The molecule has 1 aromatic rings. The maximum atomic E-state index is 8.50. The minimum Gasteiger partial charge on any atom is -0.273 e. The second-order valence-electron chi connectivity index (χ2n) is 1.71. The van der Waals surface area contributed by atoms with Crippen molar-refractivity contribution in [2.24, 2.45) is 0 Å². The van der Waals surface area contributed by atoms with E-state index < -0.39 is 0 Å². The second kappa shape index (κ2) is 2.83. The smallest absolute Gasteiger partial charge is 0.273 e. The van der Waals surface area contributed by atoms with Gasteiger partial charge in [-0.1, -0.05) is 0 Å². The molecule has 0 unspecified atom stereocenters. The summed E-state index contributed by atoms with van der Waals surface area (Å²) in [6.07, 6.45) is 1.68. The fourth-order valence-corrected chi connectivity index (χ4v) is 0.674. The Balaban J connectivity index is 3.12. The summed E-state index contributed by atoms with van der Waals surface area (Å²) in [6, 6.07) is 7.25. The van der Waals surface area contributed by atoms with E-state index in [2.05, 4.69) is 0 Å². The summed E-state index contributed by atoms with van der Waals surface area (Å²) in [5.41, 5.74) is 0.491. The molecule has 0 saturated carbocycles. The van der Waals surface area contributed by atoms with Gasteiger partial charge in [0, 0.05) is 16.9 Å². The lowest BCUT2D eigenvalue weighted by molar-refractivity contribution is -0.887. The van der Waals surface area contributed by atoms with Crippen molar-refractivity contribution in [3.8, 4) is 6.07 Å². The molecule has 0 radical (unpaired) electrons. The number of nitriles is 1. The van der Waals surface area contributed by atoms with Gasteiger partial charge in [-0.15, -0.1) is 0 Å². The Morgan fingerprint density at radius 1 is 1.60 bits per heavy atom. The summed E-state index contributed by atoms with van der Waals surface area (Å²) in [4.78, 5) is 4.83. The molecule has 50 valence electrons. The van der Waals surface area contributed by atoms with Crippen molar-refractivity contribution in [2.45, 2.75) is 0 Å². The van der Waals surface area contributed by atoms with E-state index in [1.165, 1.54) is 11.8 Å². The van der Waals surface area contributed by atoms with E-state index in [0.717, 1.165) is 0 Å². The molecule has 0 aliphatic carbocycles. The topological polar surface area (TPSA) is 36.9 Å².